The first-order chi connectivity index (χ1) is 15.1. The molecule has 1 saturated heterocycles. The zero-order valence-electron chi connectivity index (χ0n) is 19.7. The molecule has 1 unspecified atom stereocenters. The fourth-order valence-corrected chi connectivity index (χ4v) is 5.94. The predicted octanol–water partition coefficient (Wildman–Crippen LogP) is 5.25. The molecule has 0 aromatic carbocycles. The summed E-state index contributed by atoms with van der Waals surface area (Å²) in [6, 6.07) is 1.84. The van der Waals surface area contributed by atoms with Crippen LogP contribution in [0.15, 0.2) is 6.07 Å². The fourth-order valence-electron chi connectivity index (χ4n) is 5.04. The monoisotopic (exact) mass is 460 g/mol. The molecule has 2 fully saturated rings. The number of thiophene rings is 1. The Labute approximate surface area is 195 Å². The van der Waals surface area contributed by atoms with E-state index in [2.05, 4.69) is 11.8 Å². The summed E-state index contributed by atoms with van der Waals surface area (Å²) >= 11 is 1.16. The number of carboxylic acids is 1. The van der Waals surface area contributed by atoms with Crippen LogP contribution in [0.5, 0.6) is 0 Å². The second kappa shape index (κ2) is 10.1. The summed E-state index contributed by atoms with van der Waals surface area (Å²) in [6.07, 6.45) is 6.49. The van der Waals surface area contributed by atoms with E-state index in [1.54, 1.807) is 6.92 Å². The Bertz CT molecular complexity index is 894. The number of carbonyl (C=O) groups excluding carboxylic acids is 1. The average Bonchev–Trinajstić information content (AvgIpc) is 3.17. The summed E-state index contributed by atoms with van der Waals surface area (Å²) in [7, 11) is 0. The molecule has 5 nitrogen and oxygen atoms in total. The lowest BCUT2D eigenvalue weighted by atomic mass is 9.66. The van der Waals surface area contributed by atoms with Gasteiger partial charge in [-0.1, -0.05) is 43.9 Å². The third-order valence-corrected chi connectivity index (χ3v) is 7.80. The van der Waals surface area contributed by atoms with Crippen LogP contribution in [0.3, 0.4) is 0 Å². The lowest BCUT2D eigenvalue weighted by Crippen LogP contribution is -2.52. The van der Waals surface area contributed by atoms with Gasteiger partial charge in [0.1, 0.15) is 10.5 Å². The number of ketones is 1. The van der Waals surface area contributed by atoms with E-state index in [-0.39, 0.29) is 28.6 Å². The summed E-state index contributed by atoms with van der Waals surface area (Å²) in [6.45, 7) is 8.28. The van der Waals surface area contributed by atoms with Gasteiger partial charge in [-0.2, -0.15) is 0 Å². The largest absolute Gasteiger partial charge is 0.477 e. The van der Waals surface area contributed by atoms with Crippen molar-refractivity contribution >= 4 is 23.1 Å². The van der Waals surface area contributed by atoms with Gasteiger partial charge in [-0.25, -0.2) is 4.79 Å². The SMILES string of the molecule is CC(C)(C)C#Cc1cc(C2C(=O)[C@@](C)(CCCO)OC[C@H]2C2CCCCC2)c(C(=O)O)s1. The van der Waals surface area contributed by atoms with Crippen LogP contribution in [0.25, 0.3) is 0 Å². The highest BCUT2D eigenvalue weighted by Gasteiger charge is 2.50. The molecular weight excluding hydrogens is 424 g/mol. The van der Waals surface area contributed by atoms with Gasteiger partial charge >= 0.3 is 5.97 Å². The first kappa shape index (κ1) is 25.0. The van der Waals surface area contributed by atoms with E-state index in [4.69, 9.17) is 4.74 Å². The van der Waals surface area contributed by atoms with Gasteiger partial charge in [-0.3, -0.25) is 4.79 Å². The van der Waals surface area contributed by atoms with Crippen LogP contribution in [0.1, 0.15) is 98.7 Å². The molecule has 2 aliphatic rings. The van der Waals surface area contributed by atoms with Crippen LogP contribution >= 0.6 is 11.3 Å². The second-order valence-corrected chi connectivity index (χ2v) is 11.5. The van der Waals surface area contributed by atoms with Gasteiger partial charge < -0.3 is 14.9 Å². The summed E-state index contributed by atoms with van der Waals surface area (Å²) in [4.78, 5) is 27.0. The van der Waals surface area contributed by atoms with E-state index in [1.165, 1.54) is 6.42 Å². The van der Waals surface area contributed by atoms with E-state index < -0.39 is 17.5 Å². The fraction of sp³-hybridized carbons (Fsp3) is 0.692. The molecule has 1 saturated carbocycles. The molecular formula is C26H36O5S. The number of Topliss-reactive ketones (excluding diaryl/α,β-unsaturated/α-hetero) is 1. The van der Waals surface area contributed by atoms with Gasteiger partial charge in [0.05, 0.1) is 17.4 Å². The Hall–Kier alpha value is -1.68. The number of rotatable bonds is 6. The third kappa shape index (κ3) is 5.62. The maximum absolute atomic E-state index is 13.9. The van der Waals surface area contributed by atoms with Crippen molar-refractivity contribution in [3.63, 3.8) is 0 Å². The van der Waals surface area contributed by atoms with E-state index in [9.17, 15) is 19.8 Å². The Kier molecular flexibility index (Phi) is 7.85. The van der Waals surface area contributed by atoms with Crippen LogP contribution in [-0.4, -0.2) is 40.8 Å². The van der Waals surface area contributed by atoms with Crippen LogP contribution < -0.4 is 0 Å². The maximum atomic E-state index is 13.9. The molecule has 6 heteroatoms. The number of hydrogen-bond donors (Lipinski definition) is 2. The highest BCUT2D eigenvalue weighted by atomic mass is 32.1. The number of carbonyl (C=O) groups is 2. The van der Waals surface area contributed by atoms with Gasteiger partial charge in [0.25, 0.3) is 0 Å². The Balaban J connectivity index is 2.06. The van der Waals surface area contributed by atoms with Crippen molar-refractivity contribution in [1.29, 1.82) is 0 Å². The van der Waals surface area contributed by atoms with E-state index >= 15 is 0 Å². The summed E-state index contributed by atoms with van der Waals surface area (Å²) in [5.41, 5.74) is -0.608. The van der Waals surface area contributed by atoms with Crippen molar-refractivity contribution in [2.45, 2.75) is 84.2 Å². The van der Waals surface area contributed by atoms with Crippen LogP contribution in [0.2, 0.25) is 0 Å². The van der Waals surface area contributed by atoms with E-state index in [0.717, 1.165) is 37.0 Å². The first-order valence-electron chi connectivity index (χ1n) is 11.7. The first-order valence-corrected chi connectivity index (χ1v) is 12.6. The van der Waals surface area contributed by atoms with Crippen molar-refractivity contribution in [2.75, 3.05) is 13.2 Å². The molecule has 1 aromatic heterocycles. The van der Waals surface area contributed by atoms with Crippen molar-refractivity contribution in [3.05, 3.63) is 21.4 Å². The molecule has 1 aliphatic heterocycles. The minimum absolute atomic E-state index is 0.00564. The summed E-state index contributed by atoms with van der Waals surface area (Å²) in [5, 5.41) is 19.3. The molecule has 0 amide bonds. The summed E-state index contributed by atoms with van der Waals surface area (Å²) in [5.74, 6) is 5.07. The minimum Gasteiger partial charge on any atom is -0.477 e. The number of hydrogen-bond acceptors (Lipinski definition) is 5. The zero-order chi connectivity index (χ0) is 23.5. The lowest BCUT2D eigenvalue weighted by molar-refractivity contribution is -0.163. The minimum atomic E-state index is -1.01. The van der Waals surface area contributed by atoms with Crippen molar-refractivity contribution in [3.8, 4) is 11.8 Å². The van der Waals surface area contributed by atoms with Crippen LogP contribution in [-0.2, 0) is 9.53 Å². The molecule has 0 spiro atoms. The molecule has 176 valence electrons. The molecule has 2 N–H and O–H groups in total. The molecule has 0 radical (unpaired) electrons. The normalized spacial score (nSPS) is 27.1. The smallest absolute Gasteiger partial charge is 0.346 e. The standard InChI is InChI=1S/C26H36O5S/c1-25(2,3)13-11-18-15-19(22(32-18)24(29)30)21-20(17-9-6-5-7-10-17)16-31-26(4,23(21)28)12-8-14-27/h15,17,20-21,27H,5-10,12,14,16H2,1-4H3,(H,29,30)/t20-,21?,26+/m0/s1. The van der Waals surface area contributed by atoms with Gasteiger partial charge in [0.15, 0.2) is 5.78 Å². The van der Waals surface area contributed by atoms with Crippen molar-refractivity contribution in [1.82, 2.24) is 0 Å². The molecule has 3 rings (SSSR count). The molecule has 0 bridgehead atoms. The third-order valence-electron chi connectivity index (χ3n) is 6.74. The molecule has 3 atom stereocenters. The number of aliphatic hydroxyl groups excluding tert-OH is 1. The molecule has 1 aromatic rings. The molecule has 32 heavy (non-hydrogen) atoms. The van der Waals surface area contributed by atoms with Crippen LogP contribution in [0, 0.1) is 29.1 Å². The number of carboxylic acid groups (broad SMARTS) is 1. The number of ether oxygens (including phenoxy) is 1. The number of aromatic carboxylic acids is 1. The lowest BCUT2D eigenvalue weighted by Gasteiger charge is -2.45. The highest BCUT2D eigenvalue weighted by molar-refractivity contribution is 7.14. The molecule has 2 heterocycles. The Morgan fingerprint density at radius 3 is 2.56 bits per heavy atom. The predicted molar refractivity (Wildman–Crippen MR) is 126 cm³/mol. The topological polar surface area (TPSA) is 83.8 Å². The van der Waals surface area contributed by atoms with Gasteiger partial charge in [-0.05, 0) is 64.0 Å². The van der Waals surface area contributed by atoms with Crippen molar-refractivity contribution < 1.29 is 24.5 Å². The van der Waals surface area contributed by atoms with Gasteiger partial charge in [-0.15, -0.1) is 11.3 Å². The molecule has 1 aliphatic carbocycles. The van der Waals surface area contributed by atoms with E-state index in [0.29, 0.717) is 35.8 Å². The van der Waals surface area contributed by atoms with Gasteiger partial charge in [0, 0.05) is 12.0 Å². The average molecular weight is 461 g/mol. The zero-order valence-corrected chi connectivity index (χ0v) is 20.5. The van der Waals surface area contributed by atoms with Crippen LogP contribution in [0.4, 0.5) is 0 Å². The highest BCUT2D eigenvalue weighted by Crippen LogP contribution is 2.47. The Morgan fingerprint density at radius 1 is 1.28 bits per heavy atom. The van der Waals surface area contributed by atoms with Crippen molar-refractivity contribution in [2.24, 2.45) is 17.3 Å². The Morgan fingerprint density at radius 2 is 1.97 bits per heavy atom. The summed E-state index contributed by atoms with van der Waals surface area (Å²) < 4.78 is 6.16. The van der Waals surface area contributed by atoms with E-state index in [1.807, 2.05) is 26.8 Å². The number of aliphatic hydroxyl groups is 1. The quantitative estimate of drug-likeness (QED) is 0.566. The van der Waals surface area contributed by atoms with Gasteiger partial charge in [0.2, 0.25) is 0 Å². The maximum Gasteiger partial charge on any atom is 0.346 e. The second-order valence-electron chi connectivity index (χ2n) is 10.5.